The van der Waals surface area contributed by atoms with Crippen molar-refractivity contribution < 1.29 is 4.79 Å². The van der Waals surface area contributed by atoms with Gasteiger partial charge in [0.15, 0.2) is 0 Å². The first-order chi connectivity index (χ1) is 11.6. The molecule has 0 fully saturated rings. The van der Waals surface area contributed by atoms with E-state index in [0.717, 1.165) is 30.8 Å². The van der Waals surface area contributed by atoms with Crippen LogP contribution < -0.4 is 16.4 Å². The molecule has 0 aliphatic rings. The normalized spacial score (nSPS) is 13.1. The topological polar surface area (TPSA) is 67.2 Å². The van der Waals surface area contributed by atoms with Crippen LogP contribution >= 0.6 is 0 Å². The van der Waals surface area contributed by atoms with Gasteiger partial charge >= 0.3 is 0 Å². The van der Waals surface area contributed by atoms with Crippen LogP contribution in [0.15, 0.2) is 54.6 Å². The summed E-state index contributed by atoms with van der Waals surface area (Å²) in [6.45, 7) is 4.90. The lowest BCUT2D eigenvalue weighted by Gasteiger charge is -2.17. The molecule has 4 nitrogen and oxygen atoms in total. The van der Waals surface area contributed by atoms with Crippen LogP contribution in [0.2, 0.25) is 0 Å². The van der Waals surface area contributed by atoms with Crippen LogP contribution in [0, 0.1) is 5.92 Å². The zero-order chi connectivity index (χ0) is 17.4. The minimum absolute atomic E-state index is 0.130. The van der Waals surface area contributed by atoms with Gasteiger partial charge in [0.1, 0.15) is 0 Å². The van der Waals surface area contributed by atoms with Gasteiger partial charge < -0.3 is 16.4 Å². The molecule has 0 radical (unpaired) electrons. The van der Waals surface area contributed by atoms with Crippen molar-refractivity contribution in [2.75, 3.05) is 17.2 Å². The van der Waals surface area contributed by atoms with E-state index in [2.05, 4.69) is 34.9 Å². The summed E-state index contributed by atoms with van der Waals surface area (Å²) < 4.78 is 0. The first kappa shape index (κ1) is 18.0. The third kappa shape index (κ3) is 5.39. The smallest absolute Gasteiger partial charge is 0.241 e. The van der Waals surface area contributed by atoms with E-state index in [1.54, 1.807) is 0 Å². The number of benzene rings is 2. The van der Waals surface area contributed by atoms with Gasteiger partial charge in [-0.1, -0.05) is 50.6 Å². The summed E-state index contributed by atoms with van der Waals surface area (Å²) in [6, 6.07) is 17.6. The van der Waals surface area contributed by atoms with Gasteiger partial charge in [0.25, 0.3) is 0 Å². The monoisotopic (exact) mass is 325 g/mol. The second-order valence-electron chi connectivity index (χ2n) is 6.14. The Morgan fingerprint density at radius 2 is 1.67 bits per heavy atom. The highest BCUT2D eigenvalue weighted by Crippen LogP contribution is 2.15. The summed E-state index contributed by atoms with van der Waals surface area (Å²) in [5.41, 5.74) is 9.07. The summed E-state index contributed by atoms with van der Waals surface area (Å²) in [5, 5.41) is 6.26. The fourth-order valence-corrected chi connectivity index (χ4v) is 2.41. The molecule has 2 aromatic carbocycles. The van der Waals surface area contributed by atoms with Crippen molar-refractivity contribution in [2.24, 2.45) is 11.7 Å². The van der Waals surface area contributed by atoms with Crippen molar-refractivity contribution in [1.29, 1.82) is 0 Å². The SMILES string of the molecule is CCC(C)C(N)C(=O)Nc1ccc(NCCc2ccccc2)cc1. The molecule has 0 spiro atoms. The van der Waals surface area contributed by atoms with Crippen molar-refractivity contribution in [3.05, 3.63) is 60.2 Å². The summed E-state index contributed by atoms with van der Waals surface area (Å²) in [6.07, 6.45) is 1.86. The Labute approximate surface area is 144 Å². The minimum Gasteiger partial charge on any atom is -0.385 e. The Morgan fingerprint density at radius 1 is 1.04 bits per heavy atom. The van der Waals surface area contributed by atoms with E-state index in [1.807, 2.05) is 44.2 Å². The van der Waals surface area contributed by atoms with Crippen LogP contribution in [0.4, 0.5) is 11.4 Å². The van der Waals surface area contributed by atoms with E-state index in [1.165, 1.54) is 5.56 Å². The van der Waals surface area contributed by atoms with Gasteiger partial charge in [-0.3, -0.25) is 4.79 Å². The molecule has 0 aliphatic carbocycles. The zero-order valence-electron chi connectivity index (χ0n) is 14.5. The van der Waals surface area contributed by atoms with Gasteiger partial charge in [-0.25, -0.2) is 0 Å². The van der Waals surface area contributed by atoms with Crippen LogP contribution in [-0.2, 0) is 11.2 Å². The van der Waals surface area contributed by atoms with Crippen LogP contribution in [0.25, 0.3) is 0 Å². The van der Waals surface area contributed by atoms with E-state index < -0.39 is 6.04 Å². The third-order valence-electron chi connectivity index (χ3n) is 4.30. The van der Waals surface area contributed by atoms with Crippen LogP contribution in [-0.4, -0.2) is 18.5 Å². The Kier molecular flexibility index (Phi) is 6.82. The predicted molar refractivity (Wildman–Crippen MR) is 101 cm³/mol. The van der Waals surface area contributed by atoms with Gasteiger partial charge in [0.2, 0.25) is 5.91 Å². The van der Waals surface area contributed by atoms with Crippen molar-refractivity contribution in [3.8, 4) is 0 Å². The number of anilines is 2. The lowest BCUT2D eigenvalue weighted by atomic mass is 9.99. The molecule has 2 rings (SSSR count). The second-order valence-corrected chi connectivity index (χ2v) is 6.14. The Hall–Kier alpha value is -2.33. The molecule has 1 amide bonds. The standard InChI is InChI=1S/C20H27N3O/c1-3-15(2)19(21)20(24)23-18-11-9-17(10-12-18)22-14-13-16-7-5-4-6-8-16/h4-12,15,19,22H,3,13-14,21H2,1-2H3,(H,23,24). The van der Waals surface area contributed by atoms with Crippen LogP contribution in [0.3, 0.4) is 0 Å². The summed E-state index contributed by atoms with van der Waals surface area (Å²) >= 11 is 0. The van der Waals surface area contributed by atoms with E-state index in [0.29, 0.717) is 0 Å². The zero-order valence-corrected chi connectivity index (χ0v) is 14.5. The van der Waals surface area contributed by atoms with E-state index in [4.69, 9.17) is 5.73 Å². The number of nitrogens with two attached hydrogens (primary N) is 1. The molecule has 2 atom stereocenters. The average molecular weight is 325 g/mol. The van der Waals surface area contributed by atoms with Crippen molar-refractivity contribution in [3.63, 3.8) is 0 Å². The number of carbonyl (C=O) groups is 1. The lowest BCUT2D eigenvalue weighted by Crippen LogP contribution is -2.40. The number of hydrogen-bond acceptors (Lipinski definition) is 3. The third-order valence-corrected chi connectivity index (χ3v) is 4.30. The van der Waals surface area contributed by atoms with E-state index in [9.17, 15) is 4.79 Å². The van der Waals surface area contributed by atoms with Crippen LogP contribution in [0.5, 0.6) is 0 Å². The fourth-order valence-electron chi connectivity index (χ4n) is 2.41. The van der Waals surface area contributed by atoms with E-state index >= 15 is 0 Å². The molecule has 0 bridgehead atoms. The number of amides is 1. The number of rotatable bonds is 8. The number of hydrogen-bond donors (Lipinski definition) is 3. The summed E-state index contributed by atoms with van der Waals surface area (Å²) in [4.78, 5) is 12.1. The highest BCUT2D eigenvalue weighted by Gasteiger charge is 2.19. The van der Waals surface area contributed by atoms with E-state index in [-0.39, 0.29) is 11.8 Å². The molecule has 0 saturated heterocycles. The quantitative estimate of drug-likeness (QED) is 0.694. The molecule has 2 aromatic rings. The molecule has 0 aromatic heterocycles. The maximum atomic E-state index is 12.1. The second kappa shape index (κ2) is 9.08. The van der Waals surface area contributed by atoms with Gasteiger partial charge in [0.05, 0.1) is 6.04 Å². The molecule has 0 heterocycles. The van der Waals surface area contributed by atoms with Crippen molar-refractivity contribution in [1.82, 2.24) is 0 Å². The Morgan fingerprint density at radius 3 is 2.29 bits per heavy atom. The molecular formula is C20H27N3O. The fraction of sp³-hybridized carbons (Fsp3) is 0.350. The molecule has 4 N–H and O–H groups in total. The summed E-state index contributed by atoms with van der Waals surface area (Å²) in [7, 11) is 0. The van der Waals surface area contributed by atoms with Gasteiger partial charge in [-0.05, 0) is 42.2 Å². The Bertz CT molecular complexity index is 625. The maximum Gasteiger partial charge on any atom is 0.241 e. The molecule has 0 saturated carbocycles. The lowest BCUT2D eigenvalue weighted by molar-refractivity contribution is -0.118. The molecule has 24 heavy (non-hydrogen) atoms. The maximum absolute atomic E-state index is 12.1. The highest BCUT2D eigenvalue weighted by atomic mass is 16.2. The molecule has 0 aliphatic heterocycles. The molecule has 4 heteroatoms. The number of carbonyl (C=O) groups excluding carboxylic acids is 1. The van der Waals surface area contributed by atoms with Crippen LogP contribution in [0.1, 0.15) is 25.8 Å². The predicted octanol–water partition coefficient (Wildman–Crippen LogP) is 3.65. The van der Waals surface area contributed by atoms with Crippen molar-refractivity contribution in [2.45, 2.75) is 32.7 Å². The summed E-state index contributed by atoms with van der Waals surface area (Å²) in [5.74, 6) is 0.0399. The highest BCUT2D eigenvalue weighted by molar-refractivity contribution is 5.95. The Balaban J connectivity index is 1.81. The molecule has 128 valence electrons. The van der Waals surface area contributed by atoms with Gasteiger partial charge in [-0.2, -0.15) is 0 Å². The van der Waals surface area contributed by atoms with Crippen molar-refractivity contribution >= 4 is 17.3 Å². The number of nitrogens with one attached hydrogen (secondary N) is 2. The first-order valence-electron chi connectivity index (χ1n) is 8.54. The first-order valence-corrected chi connectivity index (χ1v) is 8.54. The van der Waals surface area contributed by atoms with Gasteiger partial charge in [-0.15, -0.1) is 0 Å². The molecule has 2 unspecified atom stereocenters. The largest absolute Gasteiger partial charge is 0.385 e. The average Bonchev–Trinajstić information content (AvgIpc) is 2.62. The molecular weight excluding hydrogens is 298 g/mol. The minimum atomic E-state index is -0.473. The van der Waals surface area contributed by atoms with Gasteiger partial charge in [0, 0.05) is 17.9 Å².